The average molecular weight is 486 g/mol. The van der Waals surface area contributed by atoms with Crippen molar-refractivity contribution in [2.24, 2.45) is 5.92 Å². The molecular weight excluding hydrogens is 450 g/mol. The highest BCUT2D eigenvalue weighted by atomic mass is 32.2. The van der Waals surface area contributed by atoms with Crippen molar-refractivity contribution in [1.29, 1.82) is 0 Å². The normalized spacial score (nSPS) is 20.9. The van der Waals surface area contributed by atoms with Crippen LogP contribution in [0.5, 0.6) is 0 Å². The highest BCUT2D eigenvalue weighted by Crippen LogP contribution is 2.42. The third-order valence-electron chi connectivity index (χ3n) is 6.85. The summed E-state index contributed by atoms with van der Waals surface area (Å²) >= 11 is 0. The van der Waals surface area contributed by atoms with Gasteiger partial charge >= 0.3 is 5.97 Å². The van der Waals surface area contributed by atoms with E-state index < -0.39 is 15.9 Å². The van der Waals surface area contributed by atoms with Crippen LogP contribution in [0, 0.1) is 5.92 Å². The molecule has 4 rings (SSSR count). The van der Waals surface area contributed by atoms with Crippen LogP contribution in [0.1, 0.15) is 52.5 Å². The first-order chi connectivity index (χ1) is 16.1. The van der Waals surface area contributed by atoms with Crippen LogP contribution in [-0.4, -0.2) is 50.4 Å². The maximum atomic E-state index is 13.5. The fourth-order valence-electron chi connectivity index (χ4n) is 4.78. The van der Waals surface area contributed by atoms with E-state index >= 15 is 0 Å². The Balaban J connectivity index is 1.65. The van der Waals surface area contributed by atoms with E-state index in [0.717, 1.165) is 47.4 Å². The fourth-order valence-corrected chi connectivity index (χ4v) is 6.20. The molecule has 1 aromatic rings. The third-order valence-corrected chi connectivity index (χ3v) is 8.71. The molecule has 184 valence electrons. The van der Waals surface area contributed by atoms with Gasteiger partial charge in [0.05, 0.1) is 17.7 Å². The largest absolute Gasteiger partial charge is 0.468 e. The van der Waals surface area contributed by atoms with Gasteiger partial charge in [-0.05, 0) is 53.2 Å². The summed E-state index contributed by atoms with van der Waals surface area (Å²) < 4.78 is 33.7. The van der Waals surface area contributed by atoms with E-state index in [-0.39, 0.29) is 22.8 Å². The van der Waals surface area contributed by atoms with Gasteiger partial charge in [-0.25, -0.2) is 8.42 Å². The van der Waals surface area contributed by atoms with E-state index in [4.69, 9.17) is 4.74 Å². The molecule has 0 saturated carbocycles. The summed E-state index contributed by atoms with van der Waals surface area (Å²) in [4.78, 5) is 13.2. The molecule has 2 aliphatic heterocycles. The Morgan fingerprint density at radius 3 is 2.53 bits per heavy atom. The number of hydrogen-bond acceptors (Lipinski definition) is 6. The molecule has 34 heavy (non-hydrogen) atoms. The molecule has 1 N–H and O–H groups in total. The van der Waals surface area contributed by atoms with Gasteiger partial charge in [0.15, 0.2) is 0 Å². The lowest BCUT2D eigenvalue weighted by molar-refractivity contribution is -0.143. The van der Waals surface area contributed by atoms with Crippen molar-refractivity contribution in [3.8, 4) is 0 Å². The number of nitrogens with zero attached hydrogens (tertiary/aromatic N) is 2. The number of esters is 1. The van der Waals surface area contributed by atoms with Gasteiger partial charge in [-0.2, -0.15) is 4.31 Å². The number of hydrogen-bond donors (Lipinski definition) is 1. The minimum Gasteiger partial charge on any atom is -0.468 e. The number of unbranched alkanes of at least 4 members (excludes halogenated alkanes) is 1. The Bertz CT molecular complexity index is 1160. The van der Waals surface area contributed by atoms with E-state index in [1.807, 2.05) is 18.3 Å². The summed E-state index contributed by atoms with van der Waals surface area (Å²) in [5, 5.41) is 2.07. The molecule has 0 bridgehead atoms. The molecule has 2 heterocycles. The Kier molecular flexibility index (Phi) is 6.66. The zero-order valence-corrected chi connectivity index (χ0v) is 21.5. The lowest BCUT2D eigenvalue weighted by Gasteiger charge is -2.36. The molecule has 0 aromatic heterocycles. The van der Waals surface area contributed by atoms with Gasteiger partial charge in [0.25, 0.3) is 0 Å². The average Bonchev–Trinajstić information content (AvgIpc) is 3.22. The van der Waals surface area contributed by atoms with Crippen LogP contribution in [0.25, 0.3) is 0 Å². The van der Waals surface area contributed by atoms with Crippen molar-refractivity contribution < 1.29 is 17.9 Å². The van der Waals surface area contributed by atoms with Crippen molar-refractivity contribution in [2.75, 3.05) is 26.7 Å². The molecule has 0 radical (unpaired) electrons. The zero-order valence-electron chi connectivity index (χ0n) is 20.7. The van der Waals surface area contributed by atoms with E-state index in [2.05, 4.69) is 44.2 Å². The number of nitrogens with one attached hydrogen (secondary N) is 1. The third kappa shape index (κ3) is 4.41. The number of fused-ring (bicyclic) bond motifs is 1. The second-order valence-corrected chi connectivity index (χ2v) is 12.1. The lowest BCUT2D eigenvalue weighted by atomic mass is 9.79. The topological polar surface area (TPSA) is 79.0 Å². The fraction of sp³-hybridized carbons (Fsp3) is 0.500. The lowest BCUT2D eigenvalue weighted by Crippen LogP contribution is -2.42. The highest BCUT2D eigenvalue weighted by Gasteiger charge is 2.42. The van der Waals surface area contributed by atoms with Crippen LogP contribution >= 0.6 is 0 Å². The molecule has 1 atom stereocenters. The first-order valence-corrected chi connectivity index (χ1v) is 13.4. The van der Waals surface area contributed by atoms with E-state index in [1.54, 1.807) is 12.1 Å². The zero-order chi connectivity index (χ0) is 24.7. The van der Waals surface area contributed by atoms with Crippen LogP contribution in [0.4, 0.5) is 0 Å². The number of benzene rings is 1. The van der Waals surface area contributed by atoms with E-state index in [9.17, 15) is 13.2 Å². The summed E-state index contributed by atoms with van der Waals surface area (Å²) in [5.74, 6) is -0.974. The number of carbonyl (C=O) groups is 1. The Labute approximate surface area is 203 Å². The molecule has 0 fully saturated rings. The summed E-state index contributed by atoms with van der Waals surface area (Å²) in [7, 11) is -2.31. The number of carbonyl (C=O) groups excluding carboxylic acids is 1. The number of hydrazine groups is 1. The number of sulfonamides is 1. The Morgan fingerprint density at radius 1 is 1.21 bits per heavy atom. The molecule has 7 nitrogen and oxygen atoms in total. The van der Waals surface area contributed by atoms with Crippen molar-refractivity contribution in [1.82, 2.24) is 14.7 Å². The van der Waals surface area contributed by atoms with Crippen LogP contribution in [0.15, 0.2) is 63.9 Å². The van der Waals surface area contributed by atoms with Crippen molar-refractivity contribution in [3.05, 3.63) is 64.5 Å². The van der Waals surface area contributed by atoms with E-state index in [1.165, 1.54) is 11.4 Å². The highest BCUT2D eigenvalue weighted by molar-refractivity contribution is 7.89. The molecule has 0 spiro atoms. The van der Waals surface area contributed by atoms with Crippen LogP contribution in [-0.2, 0) is 25.0 Å². The quantitative estimate of drug-likeness (QED) is 0.617. The van der Waals surface area contributed by atoms with Crippen LogP contribution < -0.4 is 5.43 Å². The Hall–Kier alpha value is -2.58. The Morgan fingerprint density at radius 2 is 1.91 bits per heavy atom. The molecule has 3 aliphatic rings. The molecule has 0 saturated heterocycles. The summed E-state index contributed by atoms with van der Waals surface area (Å²) in [6, 6.07) is 7.14. The molecule has 0 amide bonds. The van der Waals surface area contributed by atoms with Crippen molar-refractivity contribution in [2.45, 2.75) is 57.3 Å². The predicted octanol–water partition coefficient (Wildman–Crippen LogP) is 3.87. The second-order valence-electron chi connectivity index (χ2n) is 10.1. The number of ether oxygens (including phenoxy) is 1. The van der Waals surface area contributed by atoms with Gasteiger partial charge in [-0.1, -0.05) is 46.2 Å². The van der Waals surface area contributed by atoms with Gasteiger partial charge < -0.3 is 10.2 Å². The minimum absolute atomic E-state index is 0.0545. The number of allylic oxidation sites excluding steroid dienone is 2. The summed E-state index contributed by atoms with van der Waals surface area (Å²) in [6.45, 7) is 9.83. The smallest absolute Gasteiger partial charge is 0.317 e. The number of rotatable bonds is 6. The first-order valence-electron chi connectivity index (χ1n) is 11.9. The number of methoxy groups -OCH3 is 1. The van der Waals surface area contributed by atoms with Gasteiger partial charge in [0.2, 0.25) is 10.0 Å². The van der Waals surface area contributed by atoms with Crippen molar-refractivity contribution >= 4 is 16.0 Å². The SMILES string of the molecule is CCCCN1NC=C2C1=CC1=C(CN(S(=O)(=O)c3ccc(C(C)(C)C)cc3)CC1)[C@H]2C(=O)OC. The van der Waals surface area contributed by atoms with Gasteiger partial charge in [0, 0.05) is 31.4 Å². The molecule has 1 aliphatic carbocycles. The monoisotopic (exact) mass is 485 g/mol. The standard InChI is InChI=1S/C26H35N3O4S/c1-6-7-13-29-23-15-18-12-14-28(17-22(18)24(25(30)33-5)21(23)16-27-29)34(31,32)20-10-8-19(9-11-20)26(2,3)4/h8-11,15-16,24,27H,6-7,12-14,17H2,1-5H3/t24-/m0/s1. The van der Waals surface area contributed by atoms with Gasteiger partial charge in [-0.15, -0.1) is 0 Å². The van der Waals surface area contributed by atoms with Gasteiger partial charge in [0.1, 0.15) is 5.92 Å². The van der Waals surface area contributed by atoms with Gasteiger partial charge in [-0.3, -0.25) is 9.80 Å². The molecule has 8 heteroatoms. The maximum Gasteiger partial charge on any atom is 0.317 e. The van der Waals surface area contributed by atoms with Crippen molar-refractivity contribution in [3.63, 3.8) is 0 Å². The summed E-state index contributed by atoms with van der Waals surface area (Å²) in [5.41, 5.74) is 7.96. The first kappa shape index (κ1) is 24.5. The second kappa shape index (κ2) is 9.23. The summed E-state index contributed by atoms with van der Waals surface area (Å²) in [6.07, 6.45) is 6.61. The molecule has 0 unspecified atom stereocenters. The predicted molar refractivity (Wildman–Crippen MR) is 132 cm³/mol. The van der Waals surface area contributed by atoms with Crippen LogP contribution in [0.3, 0.4) is 0 Å². The minimum atomic E-state index is -3.69. The molecule has 1 aromatic carbocycles. The van der Waals surface area contributed by atoms with E-state index in [0.29, 0.717) is 13.0 Å². The van der Waals surface area contributed by atoms with Crippen LogP contribution in [0.2, 0.25) is 0 Å². The maximum absolute atomic E-state index is 13.5. The molecular formula is C26H35N3O4S.